The summed E-state index contributed by atoms with van der Waals surface area (Å²) < 4.78 is 0. The smallest absolute Gasteiger partial charge is 0.319 e. The quantitative estimate of drug-likeness (QED) is 0.791. The molecule has 2 amide bonds. The van der Waals surface area contributed by atoms with Crippen LogP contribution in [0.25, 0.3) is 0 Å². The third kappa shape index (κ3) is 2.31. The number of nitrogens with one attached hydrogen (secondary N) is 2. The molecule has 1 atom stereocenters. The molecule has 0 saturated heterocycles. The molecule has 1 heterocycles. The summed E-state index contributed by atoms with van der Waals surface area (Å²) in [6.07, 6.45) is 0.743. The van der Waals surface area contributed by atoms with E-state index in [9.17, 15) is 9.59 Å². The Morgan fingerprint density at radius 1 is 1.41 bits per heavy atom. The van der Waals surface area contributed by atoms with E-state index in [1.165, 1.54) is 0 Å². The lowest BCUT2D eigenvalue weighted by Crippen LogP contribution is -2.43. The van der Waals surface area contributed by atoms with E-state index in [1.807, 2.05) is 6.07 Å². The molecule has 4 nitrogen and oxygen atoms in total. The molecule has 0 radical (unpaired) electrons. The first kappa shape index (κ1) is 11.7. The first-order chi connectivity index (χ1) is 8.11. The Hall–Kier alpha value is -1.81. The van der Waals surface area contributed by atoms with E-state index in [0.717, 1.165) is 11.8 Å². The maximum Gasteiger partial charge on any atom is 0.319 e. The van der Waals surface area contributed by atoms with Crippen LogP contribution in [-0.2, 0) is 4.79 Å². The highest BCUT2D eigenvalue weighted by Gasteiger charge is 2.25. The summed E-state index contributed by atoms with van der Waals surface area (Å²) in [5.74, 6) is 0. The number of amides is 2. The zero-order valence-electron chi connectivity index (χ0n) is 9.16. The van der Waals surface area contributed by atoms with Crippen molar-refractivity contribution in [3.63, 3.8) is 0 Å². The zero-order valence-corrected chi connectivity index (χ0v) is 9.91. The summed E-state index contributed by atoms with van der Waals surface area (Å²) >= 11 is 5.90. The first-order valence-electron chi connectivity index (χ1n) is 5.10. The lowest BCUT2D eigenvalue weighted by atomic mass is 9.97. The average molecular weight is 251 g/mol. The van der Waals surface area contributed by atoms with Crippen LogP contribution in [0.3, 0.4) is 0 Å². The van der Waals surface area contributed by atoms with E-state index >= 15 is 0 Å². The predicted octanol–water partition coefficient (Wildman–Crippen LogP) is 2.17. The van der Waals surface area contributed by atoms with Gasteiger partial charge >= 0.3 is 6.03 Å². The second-order valence-electron chi connectivity index (χ2n) is 3.78. The third-order valence-electron chi connectivity index (χ3n) is 2.63. The van der Waals surface area contributed by atoms with Crippen LogP contribution in [0.1, 0.15) is 18.5 Å². The van der Waals surface area contributed by atoms with Crippen LogP contribution >= 0.6 is 11.6 Å². The van der Waals surface area contributed by atoms with E-state index in [-0.39, 0.29) is 6.03 Å². The molecule has 2 rings (SSSR count). The van der Waals surface area contributed by atoms with E-state index in [4.69, 9.17) is 11.6 Å². The zero-order chi connectivity index (χ0) is 12.4. The maximum absolute atomic E-state index is 11.4. The minimum Gasteiger partial charge on any atom is -0.327 e. The molecule has 0 saturated carbocycles. The van der Waals surface area contributed by atoms with Crippen molar-refractivity contribution in [3.05, 3.63) is 46.1 Å². The molecule has 5 heteroatoms. The normalized spacial score (nSPS) is 19.6. The van der Waals surface area contributed by atoms with Crippen LogP contribution in [0.15, 0.2) is 35.5 Å². The molecule has 0 fully saturated rings. The maximum atomic E-state index is 11.4. The van der Waals surface area contributed by atoms with Crippen LogP contribution < -0.4 is 10.6 Å². The Bertz CT molecular complexity index is 511. The Morgan fingerprint density at radius 2 is 2.18 bits per heavy atom. The summed E-state index contributed by atoms with van der Waals surface area (Å²) in [5.41, 5.74) is 1.86. The Labute approximate surface area is 104 Å². The number of benzene rings is 1. The monoisotopic (exact) mass is 250 g/mol. The average Bonchev–Trinajstić information content (AvgIpc) is 2.28. The number of hydrogen-bond donors (Lipinski definition) is 2. The second kappa shape index (κ2) is 4.59. The Balaban J connectivity index is 2.46. The fraction of sp³-hybridized carbons (Fsp3) is 0.167. The lowest BCUT2D eigenvalue weighted by molar-refractivity contribution is -0.105. The lowest BCUT2D eigenvalue weighted by Gasteiger charge is -2.26. The molecule has 0 aliphatic carbocycles. The number of halogens is 1. The first-order valence-corrected chi connectivity index (χ1v) is 5.48. The van der Waals surface area contributed by atoms with Crippen molar-refractivity contribution in [2.45, 2.75) is 13.0 Å². The number of carbonyl (C=O) groups excluding carboxylic acids is 2. The molecule has 1 aliphatic heterocycles. The summed E-state index contributed by atoms with van der Waals surface area (Å²) in [6, 6.07) is 6.31. The summed E-state index contributed by atoms with van der Waals surface area (Å²) in [6.45, 7) is 1.69. The molecule has 2 N–H and O–H groups in total. The van der Waals surface area contributed by atoms with Gasteiger partial charge in [0.05, 0.1) is 6.04 Å². The van der Waals surface area contributed by atoms with E-state index in [1.54, 1.807) is 25.1 Å². The summed E-state index contributed by atoms with van der Waals surface area (Å²) in [5, 5.41) is 5.82. The van der Waals surface area contributed by atoms with Crippen LogP contribution in [0.4, 0.5) is 4.79 Å². The molecule has 1 aliphatic rings. The molecule has 1 unspecified atom stereocenters. The van der Waals surface area contributed by atoms with E-state index < -0.39 is 6.04 Å². The molecule has 0 bridgehead atoms. The molecule has 0 aromatic heterocycles. The molecule has 17 heavy (non-hydrogen) atoms. The van der Waals surface area contributed by atoms with Crippen LogP contribution in [0, 0.1) is 0 Å². The largest absolute Gasteiger partial charge is 0.327 e. The highest BCUT2D eigenvalue weighted by Crippen LogP contribution is 2.26. The minimum absolute atomic E-state index is 0.321. The van der Waals surface area contributed by atoms with Gasteiger partial charge in [0, 0.05) is 16.3 Å². The second-order valence-corrected chi connectivity index (χ2v) is 4.22. The van der Waals surface area contributed by atoms with E-state index in [2.05, 4.69) is 10.6 Å². The number of allylic oxidation sites excluding steroid dienone is 1. The molecular weight excluding hydrogens is 240 g/mol. The number of hydrogen-bond acceptors (Lipinski definition) is 2. The van der Waals surface area contributed by atoms with Gasteiger partial charge in [-0.1, -0.05) is 23.7 Å². The van der Waals surface area contributed by atoms with Gasteiger partial charge in [-0.25, -0.2) is 4.79 Å². The van der Waals surface area contributed by atoms with Gasteiger partial charge in [0.15, 0.2) is 0 Å². The molecular formula is C12H11ClN2O2. The van der Waals surface area contributed by atoms with Crippen molar-refractivity contribution in [2.75, 3.05) is 0 Å². The standard InChI is InChI=1S/C12H11ClN2O2/c1-7-10(6-16)11(15-12(17)14-7)8-3-2-4-9(13)5-8/h2-6,11H,1H3,(H2,14,15,17). The fourth-order valence-corrected chi connectivity index (χ4v) is 2.01. The van der Waals surface area contributed by atoms with Gasteiger partial charge in [-0.3, -0.25) is 4.79 Å². The van der Waals surface area contributed by atoms with Crippen LogP contribution in [0.5, 0.6) is 0 Å². The van der Waals surface area contributed by atoms with Crippen LogP contribution in [-0.4, -0.2) is 12.3 Å². The third-order valence-corrected chi connectivity index (χ3v) is 2.86. The van der Waals surface area contributed by atoms with Crippen molar-refractivity contribution in [3.8, 4) is 0 Å². The van der Waals surface area contributed by atoms with E-state index in [0.29, 0.717) is 16.3 Å². The predicted molar refractivity (Wildman–Crippen MR) is 64.6 cm³/mol. The number of carbonyl (C=O) groups is 2. The Morgan fingerprint density at radius 3 is 2.82 bits per heavy atom. The number of urea groups is 1. The highest BCUT2D eigenvalue weighted by molar-refractivity contribution is 6.30. The van der Waals surface area contributed by atoms with Gasteiger partial charge in [0.1, 0.15) is 6.29 Å². The van der Waals surface area contributed by atoms with Crippen LogP contribution in [0.2, 0.25) is 5.02 Å². The van der Waals surface area contributed by atoms with Crippen molar-refractivity contribution in [1.82, 2.24) is 10.6 Å². The number of rotatable bonds is 2. The topological polar surface area (TPSA) is 58.2 Å². The van der Waals surface area contributed by atoms with Crippen molar-refractivity contribution in [1.29, 1.82) is 0 Å². The molecule has 1 aromatic rings. The number of aldehydes is 1. The fourth-order valence-electron chi connectivity index (χ4n) is 1.81. The van der Waals surface area contributed by atoms with Gasteiger partial charge in [-0.15, -0.1) is 0 Å². The Kier molecular flexibility index (Phi) is 3.15. The van der Waals surface area contributed by atoms with Gasteiger partial charge < -0.3 is 10.6 Å². The SMILES string of the molecule is CC1=C(C=O)C(c2cccc(Cl)c2)NC(=O)N1. The van der Waals surface area contributed by atoms with Crippen molar-refractivity contribution >= 4 is 23.9 Å². The molecule has 88 valence electrons. The molecule has 0 spiro atoms. The summed E-state index contributed by atoms with van der Waals surface area (Å²) in [7, 11) is 0. The van der Waals surface area contributed by atoms with Crippen molar-refractivity contribution < 1.29 is 9.59 Å². The summed E-state index contributed by atoms with van der Waals surface area (Å²) in [4.78, 5) is 22.5. The van der Waals surface area contributed by atoms with Gasteiger partial charge in [-0.05, 0) is 24.6 Å². The molecule has 1 aromatic carbocycles. The van der Waals surface area contributed by atoms with Gasteiger partial charge in [0.2, 0.25) is 0 Å². The minimum atomic E-state index is -0.444. The van der Waals surface area contributed by atoms with Crippen molar-refractivity contribution in [2.24, 2.45) is 0 Å². The van der Waals surface area contributed by atoms with Gasteiger partial charge in [0.25, 0.3) is 0 Å². The highest BCUT2D eigenvalue weighted by atomic mass is 35.5. The van der Waals surface area contributed by atoms with Gasteiger partial charge in [-0.2, -0.15) is 0 Å².